The molecule has 1 aromatic rings. The molecule has 0 atom stereocenters. The number of urea groups is 1. The molecule has 0 aromatic heterocycles. The molecule has 2 N–H and O–H groups in total. The van der Waals surface area contributed by atoms with Crippen molar-refractivity contribution in [2.24, 2.45) is 5.73 Å². The van der Waals surface area contributed by atoms with Gasteiger partial charge >= 0.3 is 6.03 Å². The average Bonchev–Trinajstić information content (AvgIpc) is 2.99. The highest BCUT2D eigenvalue weighted by molar-refractivity contribution is 5.74. The molecule has 4 nitrogen and oxygen atoms in total. The zero-order valence-electron chi connectivity index (χ0n) is 11.9. The van der Waals surface area contributed by atoms with Crippen LogP contribution in [0, 0.1) is 11.8 Å². The molecule has 1 heterocycles. The topological polar surface area (TPSA) is 49.6 Å². The molecule has 0 radical (unpaired) electrons. The van der Waals surface area contributed by atoms with Gasteiger partial charge in [-0.1, -0.05) is 30.0 Å². The van der Waals surface area contributed by atoms with Crippen LogP contribution in [0.1, 0.15) is 24.0 Å². The molecule has 1 fully saturated rings. The summed E-state index contributed by atoms with van der Waals surface area (Å²) in [5.74, 6) is 5.93. The van der Waals surface area contributed by atoms with Gasteiger partial charge in [0, 0.05) is 32.2 Å². The second kappa shape index (κ2) is 6.97. The van der Waals surface area contributed by atoms with Gasteiger partial charge in [0.25, 0.3) is 0 Å². The first-order valence-corrected chi connectivity index (χ1v) is 6.99. The highest BCUT2D eigenvalue weighted by Gasteiger charge is 2.21. The highest BCUT2D eigenvalue weighted by Crippen LogP contribution is 2.14. The number of hydrogen-bond acceptors (Lipinski definition) is 2. The lowest BCUT2D eigenvalue weighted by Gasteiger charge is -2.24. The smallest absolute Gasteiger partial charge is 0.320 e. The molecule has 0 unspecified atom stereocenters. The molecule has 20 heavy (non-hydrogen) atoms. The van der Waals surface area contributed by atoms with Crippen LogP contribution in [0.25, 0.3) is 0 Å². The van der Waals surface area contributed by atoms with Crippen molar-refractivity contribution in [3.63, 3.8) is 0 Å². The molecule has 1 aromatic carbocycles. The summed E-state index contributed by atoms with van der Waals surface area (Å²) in [4.78, 5) is 15.9. The maximum absolute atomic E-state index is 12.3. The number of nitrogens with zero attached hydrogens (tertiary/aromatic N) is 2. The minimum atomic E-state index is 0.101. The minimum absolute atomic E-state index is 0.101. The van der Waals surface area contributed by atoms with Gasteiger partial charge in [0.05, 0.1) is 6.54 Å². The van der Waals surface area contributed by atoms with Crippen LogP contribution in [0.5, 0.6) is 0 Å². The van der Waals surface area contributed by atoms with Crippen molar-refractivity contribution in [1.29, 1.82) is 0 Å². The fraction of sp³-hybridized carbons (Fsp3) is 0.438. The van der Waals surface area contributed by atoms with E-state index >= 15 is 0 Å². The summed E-state index contributed by atoms with van der Waals surface area (Å²) >= 11 is 0. The van der Waals surface area contributed by atoms with E-state index in [1.54, 1.807) is 4.90 Å². The van der Waals surface area contributed by atoms with Gasteiger partial charge in [-0.05, 0) is 24.5 Å². The third-order valence-electron chi connectivity index (χ3n) is 3.45. The molecule has 106 valence electrons. The number of carbonyl (C=O) groups is 1. The second-order valence-electron chi connectivity index (χ2n) is 5.00. The number of amides is 2. The standard InChI is InChI=1S/C16H21N3O/c1-18(16(20)19-11-4-5-12-19)13-15-8-3-2-7-14(15)9-6-10-17/h2-3,7-8H,4-5,10-13,17H2,1H3. The molecule has 4 heteroatoms. The van der Waals surface area contributed by atoms with Crippen LogP contribution >= 0.6 is 0 Å². The van der Waals surface area contributed by atoms with E-state index in [9.17, 15) is 4.79 Å². The monoisotopic (exact) mass is 271 g/mol. The summed E-state index contributed by atoms with van der Waals surface area (Å²) in [7, 11) is 1.84. The van der Waals surface area contributed by atoms with Gasteiger partial charge in [-0.2, -0.15) is 0 Å². The van der Waals surface area contributed by atoms with E-state index in [4.69, 9.17) is 5.73 Å². The fourth-order valence-corrected chi connectivity index (χ4v) is 2.40. The summed E-state index contributed by atoms with van der Waals surface area (Å²) in [5, 5.41) is 0. The van der Waals surface area contributed by atoms with Gasteiger partial charge in [0.2, 0.25) is 0 Å². The molecule has 0 bridgehead atoms. The predicted molar refractivity (Wildman–Crippen MR) is 80.0 cm³/mol. The number of rotatable bonds is 2. The molecule has 1 aliphatic rings. The van der Waals surface area contributed by atoms with Crippen molar-refractivity contribution < 1.29 is 4.79 Å². The Morgan fingerprint density at radius 2 is 2.05 bits per heavy atom. The first-order chi connectivity index (χ1) is 9.72. The zero-order chi connectivity index (χ0) is 14.4. The van der Waals surface area contributed by atoms with Crippen LogP contribution in [0.15, 0.2) is 24.3 Å². The first kappa shape index (κ1) is 14.4. The van der Waals surface area contributed by atoms with Gasteiger partial charge in [0.1, 0.15) is 0 Å². The zero-order valence-corrected chi connectivity index (χ0v) is 11.9. The van der Waals surface area contributed by atoms with Crippen molar-refractivity contribution >= 4 is 6.03 Å². The number of hydrogen-bond donors (Lipinski definition) is 1. The van der Waals surface area contributed by atoms with Gasteiger partial charge < -0.3 is 15.5 Å². The molecule has 2 amide bonds. The molecule has 1 saturated heterocycles. The Balaban J connectivity index is 2.07. The van der Waals surface area contributed by atoms with Gasteiger partial charge in [0.15, 0.2) is 0 Å². The Kier molecular flexibility index (Phi) is 5.03. The molecule has 0 spiro atoms. The quantitative estimate of drug-likeness (QED) is 0.831. The fourth-order valence-electron chi connectivity index (χ4n) is 2.40. The maximum Gasteiger partial charge on any atom is 0.320 e. The normalized spacial score (nSPS) is 13.8. The Morgan fingerprint density at radius 1 is 1.35 bits per heavy atom. The summed E-state index contributed by atoms with van der Waals surface area (Å²) in [5.41, 5.74) is 7.42. The van der Waals surface area contributed by atoms with Gasteiger partial charge in [-0.25, -0.2) is 4.79 Å². The van der Waals surface area contributed by atoms with Crippen molar-refractivity contribution in [3.05, 3.63) is 35.4 Å². The van der Waals surface area contributed by atoms with Crippen LogP contribution in [0.2, 0.25) is 0 Å². The third-order valence-corrected chi connectivity index (χ3v) is 3.45. The Bertz CT molecular complexity index is 524. The third kappa shape index (κ3) is 3.52. The first-order valence-electron chi connectivity index (χ1n) is 6.99. The van der Waals surface area contributed by atoms with Crippen molar-refractivity contribution in [1.82, 2.24) is 9.80 Å². The minimum Gasteiger partial charge on any atom is -0.325 e. The van der Waals surface area contributed by atoms with Crippen LogP contribution in [0.4, 0.5) is 4.79 Å². The summed E-state index contributed by atoms with van der Waals surface area (Å²) in [6.07, 6.45) is 2.22. The molecule has 1 aliphatic heterocycles. The van der Waals surface area contributed by atoms with Crippen LogP contribution < -0.4 is 5.73 Å². The predicted octanol–water partition coefficient (Wildman–Crippen LogP) is 1.64. The lowest BCUT2D eigenvalue weighted by Crippen LogP contribution is -2.39. The van der Waals surface area contributed by atoms with E-state index in [0.717, 1.165) is 37.1 Å². The summed E-state index contributed by atoms with van der Waals surface area (Å²) in [6, 6.07) is 7.99. The average molecular weight is 271 g/mol. The Hall–Kier alpha value is -1.99. The van der Waals surface area contributed by atoms with E-state index < -0.39 is 0 Å². The van der Waals surface area contributed by atoms with Crippen molar-refractivity contribution in [2.45, 2.75) is 19.4 Å². The lowest BCUT2D eigenvalue weighted by molar-refractivity contribution is 0.171. The molecule has 2 rings (SSSR count). The number of likely N-dealkylation sites (tertiary alicyclic amines) is 1. The Labute approximate surface area is 120 Å². The largest absolute Gasteiger partial charge is 0.325 e. The lowest BCUT2D eigenvalue weighted by atomic mass is 10.1. The molecular weight excluding hydrogens is 250 g/mol. The number of nitrogens with two attached hydrogens (primary N) is 1. The van der Waals surface area contributed by atoms with Crippen LogP contribution in [0.3, 0.4) is 0 Å². The second-order valence-corrected chi connectivity index (χ2v) is 5.00. The summed E-state index contributed by atoms with van der Waals surface area (Å²) < 4.78 is 0. The van der Waals surface area contributed by atoms with Gasteiger partial charge in [-0.3, -0.25) is 0 Å². The molecule has 0 saturated carbocycles. The van der Waals surface area contributed by atoms with Crippen molar-refractivity contribution in [3.8, 4) is 11.8 Å². The van der Waals surface area contributed by atoms with Crippen LogP contribution in [-0.4, -0.2) is 42.5 Å². The summed E-state index contributed by atoms with van der Waals surface area (Å²) in [6.45, 7) is 2.66. The number of benzene rings is 1. The number of carbonyl (C=O) groups excluding carboxylic acids is 1. The van der Waals surface area contributed by atoms with Crippen molar-refractivity contribution in [2.75, 3.05) is 26.7 Å². The van der Waals surface area contributed by atoms with Crippen LogP contribution in [-0.2, 0) is 6.54 Å². The molecular formula is C16H21N3O. The van der Waals surface area contributed by atoms with Gasteiger partial charge in [-0.15, -0.1) is 0 Å². The van der Waals surface area contributed by atoms with E-state index in [1.807, 2.05) is 36.2 Å². The van der Waals surface area contributed by atoms with E-state index in [2.05, 4.69) is 11.8 Å². The Morgan fingerprint density at radius 3 is 2.75 bits per heavy atom. The molecule has 0 aliphatic carbocycles. The van der Waals surface area contributed by atoms with E-state index in [0.29, 0.717) is 13.1 Å². The SMILES string of the molecule is CN(Cc1ccccc1C#CCN)C(=O)N1CCCC1. The maximum atomic E-state index is 12.3. The van der Waals surface area contributed by atoms with E-state index in [1.165, 1.54) is 0 Å². The highest BCUT2D eigenvalue weighted by atomic mass is 16.2. The van der Waals surface area contributed by atoms with E-state index in [-0.39, 0.29) is 6.03 Å².